The minimum absolute atomic E-state index is 0.153. The topological polar surface area (TPSA) is 60.5 Å². The lowest BCUT2D eigenvalue weighted by molar-refractivity contribution is -0.137. The quantitative estimate of drug-likeness (QED) is 0.466. The molecule has 5 nitrogen and oxygen atoms in total. The average molecular weight is 465 g/mol. The Morgan fingerprint density at radius 3 is 2.38 bits per heavy atom. The molecule has 0 saturated carbocycles. The Morgan fingerprint density at radius 1 is 1.09 bits per heavy atom. The van der Waals surface area contributed by atoms with Gasteiger partial charge in [-0.1, -0.05) is 41.9 Å². The highest BCUT2D eigenvalue weighted by Crippen LogP contribution is 2.34. The van der Waals surface area contributed by atoms with Crippen molar-refractivity contribution in [3.8, 4) is 17.4 Å². The largest absolute Gasteiger partial charge is 0.481 e. The standard InChI is InChI=1S/C23H20ClF3N2O3/c1-15(21(30)28-12-11-16-5-3-2-4-6-16)31-18-7-9-19(10-8-18)32-22-20(24)13-17(14-29-22)23(25,26)27/h2-10,13-15H,11-12H2,1H3,(H,28,30)/t15-/m1/s1. The molecule has 0 aliphatic heterocycles. The second kappa shape index (κ2) is 10.4. The van der Waals surface area contributed by atoms with Crippen molar-refractivity contribution in [1.82, 2.24) is 10.3 Å². The summed E-state index contributed by atoms with van der Waals surface area (Å²) in [5.41, 5.74) is 0.161. The summed E-state index contributed by atoms with van der Waals surface area (Å²) in [7, 11) is 0. The lowest BCUT2D eigenvalue weighted by Crippen LogP contribution is -2.37. The van der Waals surface area contributed by atoms with E-state index in [0.29, 0.717) is 30.7 Å². The van der Waals surface area contributed by atoms with Gasteiger partial charge < -0.3 is 14.8 Å². The zero-order valence-electron chi connectivity index (χ0n) is 17.0. The molecule has 0 aliphatic rings. The Morgan fingerprint density at radius 2 is 1.75 bits per heavy atom. The highest BCUT2D eigenvalue weighted by Gasteiger charge is 2.31. The number of hydrogen-bond acceptors (Lipinski definition) is 4. The van der Waals surface area contributed by atoms with Crippen molar-refractivity contribution in [2.75, 3.05) is 6.54 Å². The number of nitrogens with one attached hydrogen (secondary N) is 1. The number of ether oxygens (including phenoxy) is 2. The van der Waals surface area contributed by atoms with Gasteiger partial charge in [-0.2, -0.15) is 13.2 Å². The van der Waals surface area contributed by atoms with Crippen molar-refractivity contribution >= 4 is 17.5 Å². The number of halogens is 4. The van der Waals surface area contributed by atoms with Crippen LogP contribution in [0.1, 0.15) is 18.1 Å². The smallest absolute Gasteiger partial charge is 0.417 e. The molecule has 0 fully saturated rings. The highest BCUT2D eigenvalue weighted by molar-refractivity contribution is 6.31. The van der Waals surface area contributed by atoms with Crippen molar-refractivity contribution in [2.24, 2.45) is 0 Å². The van der Waals surface area contributed by atoms with E-state index in [0.717, 1.165) is 11.6 Å². The fraction of sp³-hybridized carbons (Fsp3) is 0.217. The van der Waals surface area contributed by atoms with Gasteiger partial charge in [-0.15, -0.1) is 0 Å². The SMILES string of the molecule is C[C@@H](Oc1ccc(Oc2ncc(C(F)(F)F)cc2Cl)cc1)C(=O)NCCc1ccccc1. The van der Waals surface area contributed by atoms with E-state index < -0.39 is 17.8 Å². The zero-order valence-corrected chi connectivity index (χ0v) is 17.8. The number of hydrogen-bond donors (Lipinski definition) is 1. The van der Waals surface area contributed by atoms with Crippen LogP contribution in [0.5, 0.6) is 17.4 Å². The molecular weight excluding hydrogens is 445 g/mol. The van der Waals surface area contributed by atoms with Gasteiger partial charge >= 0.3 is 6.18 Å². The van der Waals surface area contributed by atoms with E-state index in [2.05, 4.69) is 10.3 Å². The lowest BCUT2D eigenvalue weighted by atomic mass is 10.1. The molecule has 3 aromatic rings. The summed E-state index contributed by atoms with van der Waals surface area (Å²) in [6.07, 6.45) is -3.90. The van der Waals surface area contributed by atoms with Crippen LogP contribution in [0, 0.1) is 0 Å². The van der Waals surface area contributed by atoms with E-state index in [1.165, 1.54) is 12.1 Å². The number of nitrogens with zero attached hydrogens (tertiary/aromatic N) is 1. The van der Waals surface area contributed by atoms with Crippen LogP contribution in [0.4, 0.5) is 13.2 Å². The van der Waals surface area contributed by atoms with Crippen LogP contribution in [0.25, 0.3) is 0 Å². The molecule has 1 amide bonds. The number of benzene rings is 2. The third-order valence-electron chi connectivity index (χ3n) is 4.41. The first-order valence-corrected chi connectivity index (χ1v) is 10.1. The van der Waals surface area contributed by atoms with E-state index >= 15 is 0 Å². The fourth-order valence-corrected chi connectivity index (χ4v) is 2.93. The number of alkyl halides is 3. The van der Waals surface area contributed by atoms with Crippen molar-refractivity contribution < 1.29 is 27.4 Å². The molecule has 1 N–H and O–H groups in total. The maximum atomic E-state index is 12.7. The molecule has 1 aromatic heterocycles. The van der Waals surface area contributed by atoms with Gasteiger partial charge in [0.15, 0.2) is 6.10 Å². The monoisotopic (exact) mass is 464 g/mol. The number of amides is 1. The lowest BCUT2D eigenvalue weighted by Gasteiger charge is -2.15. The maximum Gasteiger partial charge on any atom is 0.417 e. The molecule has 0 unspecified atom stereocenters. The van der Waals surface area contributed by atoms with Crippen LogP contribution >= 0.6 is 11.6 Å². The fourth-order valence-electron chi connectivity index (χ4n) is 2.73. The minimum Gasteiger partial charge on any atom is -0.481 e. The molecule has 3 rings (SSSR count). The molecule has 0 aliphatic carbocycles. The summed E-state index contributed by atoms with van der Waals surface area (Å²) in [4.78, 5) is 15.8. The molecule has 2 aromatic carbocycles. The summed E-state index contributed by atoms with van der Waals surface area (Å²) in [5, 5.41) is 2.56. The minimum atomic E-state index is -4.54. The summed E-state index contributed by atoms with van der Waals surface area (Å²) in [6, 6.07) is 16.8. The molecule has 0 radical (unpaired) electrons. The van der Waals surface area contributed by atoms with Crippen molar-refractivity contribution in [3.05, 3.63) is 83.0 Å². The van der Waals surface area contributed by atoms with Gasteiger partial charge in [0.25, 0.3) is 5.91 Å². The van der Waals surface area contributed by atoms with Gasteiger partial charge in [-0.25, -0.2) is 4.98 Å². The first-order chi connectivity index (χ1) is 15.2. The van der Waals surface area contributed by atoms with Gasteiger partial charge in [-0.3, -0.25) is 4.79 Å². The Balaban J connectivity index is 1.51. The van der Waals surface area contributed by atoms with Crippen LogP contribution in [0.3, 0.4) is 0 Å². The van der Waals surface area contributed by atoms with Crippen LogP contribution < -0.4 is 14.8 Å². The Bertz CT molecular complexity index is 1040. The molecule has 168 valence electrons. The van der Waals surface area contributed by atoms with E-state index in [-0.39, 0.29) is 16.8 Å². The normalized spacial score (nSPS) is 12.2. The van der Waals surface area contributed by atoms with Crippen LogP contribution in [-0.4, -0.2) is 23.5 Å². The highest BCUT2D eigenvalue weighted by atomic mass is 35.5. The predicted molar refractivity (Wildman–Crippen MR) is 114 cm³/mol. The number of pyridine rings is 1. The number of carbonyl (C=O) groups excluding carboxylic acids is 1. The van der Waals surface area contributed by atoms with E-state index in [4.69, 9.17) is 21.1 Å². The second-order valence-electron chi connectivity index (χ2n) is 6.87. The number of carbonyl (C=O) groups is 1. The van der Waals surface area contributed by atoms with Crippen molar-refractivity contribution in [2.45, 2.75) is 25.6 Å². The third kappa shape index (κ3) is 6.62. The van der Waals surface area contributed by atoms with Gasteiger partial charge in [-0.05, 0) is 49.2 Å². The molecule has 32 heavy (non-hydrogen) atoms. The zero-order chi connectivity index (χ0) is 23.1. The Hall–Kier alpha value is -3.26. The second-order valence-corrected chi connectivity index (χ2v) is 7.28. The van der Waals surface area contributed by atoms with Crippen molar-refractivity contribution in [1.29, 1.82) is 0 Å². The van der Waals surface area contributed by atoms with E-state index in [1.807, 2.05) is 30.3 Å². The molecule has 0 saturated heterocycles. The van der Waals surface area contributed by atoms with Gasteiger partial charge in [0.05, 0.1) is 5.56 Å². The summed E-state index contributed by atoms with van der Waals surface area (Å²) in [6.45, 7) is 2.12. The summed E-state index contributed by atoms with van der Waals surface area (Å²) >= 11 is 5.84. The number of rotatable bonds is 8. The Kier molecular flexibility index (Phi) is 7.58. The van der Waals surface area contributed by atoms with E-state index in [9.17, 15) is 18.0 Å². The first kappa shape index (κ1) is 23.4. The van der Waals surface area contributed by atoms with Crippen LogP contribution in [0.15, 0.2) is 66.9 Å². The van der Waals surface area contributed by atoms with Crippen molar-refractivity contribution in [3.63, 3.8) is 0 Å². The first-order valence-electron chi connectivity index (χ1n) is 9.71. The molecule has 9 heteroatoms. The van der Waals surface area contributed by atoms with Crippen LogP contribution in [-0.2, 0) is 17.4 Å². The summed E-state index contributed by atoms with van der Waals surface area (Å²) < 4.78 is 49.2. The molecular formula is C23H20ClF3N2O3. The third-order valence-corrected chi connectivity index (χ3v) is 4.68. The maximum absolute atomic E-state index is 12.7. The average Bonchev–Trinajstić information content (AvgIpc) is 2.76. The van der Waals surface area contributed by atoms with Crippen LogP contribution in [0.2, 0.25) is 5.02 Å². The molecule has 1 atom stereocenters. The Labute approximate surface area is 188 Å². The summed E-state index contributed by atoms with van der Waals surface area (Å²) in [5.74, 6) is 0.322. The van der Waals surface area contributed by atoms with E-state index in [1.54, 1.807) is 19.1 Å². The number of aromatic nitrogens is 1. The molecule has 1 heterocycles. The van der Waals surface area contributed by atoms with Gasteiger partial charge in [0.2, 0.25) is 5.88 Å². The van der Waals surface area contributed by atoms with Gasteiger partial charge in [0.1, 0.15) is 16.5 Å². The van der Waals surface area contributed by atoms with Gasteiger partial charge in [0, 0.05) is 12.7 Å². The molecule has 0 spiro atoms. The molecule has 0 bridgehead atoms. The predicted octanol–water partition coefficient (Wildman–Crippen LogP) is 5.67.